The Balaban J connectivity index is 1.25. The van der Waals surface area contributed by atoms with Gasteiger partial charge >= 0.3 is 0 Å². The van der Waals surface area contributed by atoms with Crippen LogP contribution in [-0.4, -0.2) is 89.0 Å². The summed E-state index contributed by atoms with van der Waals surface area (Å²) in [6.07, 6.45) is 1.70. The second-order valence-electron chi connectivity index (χ2n) is 14.8. The second kappa shape index (κ2) is 14.5. The summed E-state index contributed by atoms with van der Waals surface area (Å²) in [5.41, 5.74) is -0.523. The fourth-order valence-electron chi connectivity index (χ4n) is 6.62. The predicted octanol–water partition coefficient (Wildman–Crippen LogP) is 3.31. The molecule has 14 heteroatoms. The molecule has 1 saturated heterocycles. The van der Waals surface area contributed by atoms with Crippen LogP contribution in [0.5, 0.6) is 11.5 Å². The van der Waals surface area contributed by atoms with Crippen LogP contribution in [0.3, 0.4) is 0 Å². The largest absolute Gasteiger partial charge is 0.485 e. The van der Waals surface area contributed by atoms with Crippen molar-refractivity contribution in [1.29, 1.82) is 0 Å². The number of hydrogen-bond acceptors (Lipinski definition) is 9. The quantitative estimate of drug-likeness (QED) is 0.298. The van der Waals surface area contributed by atoms with E-state index in [0.717, 1.165) is 18.4 Å². The Morgan fingerprint density at radius 2 is 1.76 bits per heavy atom. The summed E-state index contributed by atoms with van der Waals surface area (Å²) >= 11 is 6.25. The number of fused-ring (bicyclic) bond motifs is 1. The Kier molecular flexibility index (Phi) is 10.3. The maximum absolute atomic E-state index is 14.7. The molecule has 3 aliphatic heterocycles. The molecule has 1 aliphatic carbocycles. The van der Waals surface area contributed by atoms with Gasteiger partial charge in [0.2, 0.25) is 23.7 Å². The van der Waals surface area contributed by atoms with E-state index in [1.807, 2.05) is 33.8 Å². The average molecular weight is 722 g/mol. The lowest BCUT2D eigenvalue weighted by Gasteiger charge is -2.36. The van der Waals surface area contributed by atoms with Gasteiger partial charge in [0.25, 0.3) is 11.8 Å². The number of amides is 4. The van der Waals surface area contributed by atoms with E-state index in [1.54, 1.807) is 42.5 Å². The zero-order valence-corrected chi connectivity index (χ0v) is 30.0. The molecular weight excluding hydrogens is 678 g/mol. The highest BCUT2D eigenvalue weighted by Gasteiger charge is 2.56. The van der Waals surface area contributed by atoms with Gasteiger partial charge < -0.3 is 35.2 Å². The molecule has 2 fully saturated rings. The fraction of sp³-hybridized carbons (Fsp3) is 0.514. The van der Waals surface area contributed by atoms with Crippen molar-refractivity contribution in [1.82, 2.24) is 20.9 Å². The molecule has 4 aliphatic rings. The molecule has 1 unspecified atom stereocenters. The number of para-hydroxylation sites is 2. The first kappa shape index (κ1) is 36.2. The molecule has 13 nitrogen and oxygen atoms in total. The van der Waals surface area contributed by atoms with Gasteiger partial charge in [0.05, 0.1) is 18.3 Å². The van der Waals surface area contributed by atoms with Crippen molar-refractivity contribution in [2.75, 3.05) is 13.2 Å². The maximum Gasteiger partial charge on any atom is 0.289 e. The third-order valence-electron chi connectivity index (χ3n) is 9.53. The third kappa shape index (κ3) is 8.14. The summed E-state index contributed by atoms with van der Waals surface area (Å²) in [7, 11) is 0. The molecule has 0 radical (unpaired) electrons. The Morgan fingerprint density at radius 1 is 1.02 bits per heavy atom. The van der Waals surface area contributed by atoms with Gasteiger partial charge in [-0.25, -0.2) is 0 Å². The van der Waals surface area contributed by atoms with Crippen LogP contribution >= 0.6 is 11.6 Å². The fourth-order valence-corrected chi connectivity index (χ4v) is 6.81. The number of nitrogens with one attached hydrogen (secondary N) is 3. The zero-order chi connectivity index (χ0) is 36.5. The number of carbonyl (C=O) groups is 5. The summed E-state index contributed by atoms with van der Waals surface area (Å²) in [4.78, 5) is 75.8. The van der Waals surface area contributed by atoms with Gasteiger partial charge in [-0.05, 0) is 48.9 Å². The summed E-state index contributed by atoms with van der Waals surface area (Å²) < 4.78 is 11.7. The standard InChI is InChI=1S/C37H44ClN5O8/c1-5-9-24(30(44)34(47)39-23-14-15-23)40-32(45)26-18-37(17-25(42-51-37)21-10-8-11-22(38)16-21)20-43(26)35(48)31(36(2,3)4)41-33(46)29-19-49-27-12-6-7-13-28(27)50-29/h6-8,10-13,16,23-24,26,29,31H,5,9,14-15,17-20H2,1-4H3,(H,39,47)(H,40,45)(H,41,46)/t24-,26-,29+,31+,37?/m0/s1. The van der Waals surface area contributed by atoms with E-state index in [9.17, 15) is 24.0 Å². The first-order chi connectivity index (χ1) is 24.3. The molecule has 2 aromatic rings. The number of hydrogen-bond donors (Lipinski definition) is 3. The highest BCUT2D eigenvalue weighted by molar-refractivity contribution is 6.38. The van der Waals surface area contributed by atoms with E-state index in [2.05, 4.69) is 21.1 Å². The Bertz CT molecular complexity index is 1740. The number of ketones is 1. The van der Waals surface area contributed by atoms with E-state index in [4.69, 9.17) is 25.9 Å². The van der Waals surface area contributed by atoms with Crippen molar-refractivity contribution >= 4 is 46.7 Å². The minimum atomic E-state index is -1.10. The molecule has 0 aromatic heterocycles. The van der Waals surface area contributed by atoms with Gasteiger partial charge in [-0.1, -0.05) is 75.1 Å². The van der Waals surface area contributed by atoms with Crippen LogP contribution in [0.2, 0.25) is 5.02 Å². The number of rotatable bonds is 11. The van der Waals surface area contributed by atoms with Crippen molar-refractivity contribution in [2.24, 2.45) is 10.6 Å². The van der Waals surface area contributed by atoms with Crippen LogP contribution in [0.25, 0.3) is 0 Å². The first-order valence-corrected chi connectivity index (χ1v) is 17.8. The zero-order valence-electron chi connectivity index (χ0n) is 29.2. The SMILES string of the molecule is CCC[C@H](NC(=O)[C@@H]1CC2(CC(c3cccc(Cl)c3)=NO2)CN1C(=O)[C@@H](NC(=O)[C@H]1COc2ccccc2O1)C(C)(C)C)C(=O)C(=O)NC1CC1. The smallest absolute Gasteiger partial charge is 0.289 e. The summed E-state index contributed by atoms with van der Waals surface area (Å²) in [6.45, 7) is 7.21. The van der Waals surface area contributed by atoms with Gasteiger partial charge in [0.1, 0.15) is 18.7 Å². The van der Waals surface area contributed by atoms with Crippen molar-refractivity contribution in [3.05, 3.63) is 59.1 Å². The van der Waals surface area contributed by atoms with Crippen LogP contribution in [0.1, 0.15) is 71.8 Å². The van der Waals surface area contributed by atoms with Crippen molar-refractivity contribution in [2.45, 2.75) is 102 Å². The highest BCUT2D eigenvalue weighted by Crippen LogP contribution is 2.40. The van der Waals surface area contributed by atoms with E-state index in [-0.39, 0.29) is 38.5 Å². The number of nitrogens with zero attached hydrogens (tertiary/aromatic N) is 2. The molecule has 51 heavy (non-hydrogen) atoms. The van der Waals surface area contributed by atoms with E-state index < -0.39 is 64.7 Å². The number of oxime groups is 1. The topological polar surface area (TPSA) is 165 Å². The number of ether oxygens (including phenoxy) is 2. The summed E-state index contributed by atoms with van der Waals surface area (Å²) in [5.74, 6) is -2.22. The Hall–Kier alpha value is -4.65. The Morgan fingerprint density at radius 3 is 2.45 bits per heavy atom. The van der Waals surface area contributed by atoms with E-state index >= 15 is 0 Å². The van der Waals surface area contributed by atoms with Crippen LogP contribution in [0.4, 0.5) is 0 Å². The van der Waals surface area contributed by atoms with Gasteiger partial charge in [-0.15, -0.1) is 0 Å². The lowest BCUT2D eigenvalue weighted by Crippen LogP contribution is -2.60. The third-order valence-corrected chi connectivity index (χ3v) is 9.77. The van der Waals surface area contributed by atoms with E-state index in [1.165, 1.54) is 4.90 Å². The maximum atomic E-state index is 14.7. The number of halogens is 1. The number of likely N-dealkylation sites (tertiary alicyclic amines) is 1. The van der Waals surface area contributed by atoms with Crippen LogP contribution < -0.4 is 25.4 Å². The molecule has 6 rings (SSSR count). The molecule has 1 saturated carbocycles. The van der Waals surface area contributed by atoms with Gasteiger partial charge in [-0.2, -0.15) is 0 Å². The Labute approximate surface area is 301 Å². The highest BCUT2D eigenvalue weighted by atomic mass is 35.5. The van der Waals surface area contributed by atoms with Crippen LogP contribution in [-0.2, 0) is 28.8 Å². The minimum absolute atomic E-state index is 0.0229. The number of benzene rings is 2. The van der Waals surface area contributed by atoms with Crippen LogP contribution in [0, 0.1) is 5.41 Å². The number of Topliss-reactive ketones (excluding diaryl/α,β-unsaturated/α-hetero) is 1. The lowest BCUT2D eigenvalue weighted by molar-refractivity contribution is -0.146. The second-order valence-corrected chi connectivity index (χ2v) is 15.3. The van der Waals surface area contributed by atoms with Gasteiger partial charge in [-0.3, -0.25) is 24.0 Å². The minimum Gasteiger partial charge on any atom is -0.485 e. The van der Waals surface area contributed by atoms with Gasteiger partial charge in [0, 0.05) is 29.5 Å². The first-order valence-electron chi connectivity index (χ1n) is 17.4. The van der Waals surface area contributed by atoms with Crippen molar-refractivity contribution < 1.29 is 38.3 Å². The molecule has 5 atom stereocenters. The molecule has 0 bridgehead atoms. The summed E-state index contributed by atoms with van der Waals surface area (Å²) in [5, 5.41) is 13.2. The predicted molar refractivity (Wildman–Crippen MR) is 187 cm³/mol. The van der Waals surface area contributed by atoms with Gasteiger partial charge in [0.15, 0.2) is 17.1 Å². The monoisotopic (exact) mass is 721 g/mol. The molecule has 4 amide bonds. The van der Waals surface area contributed by atoms with Crippen LogP contribution in [0.15, 0.2) is 53.7 Å². The molecule has 3 heterocycles. The van der Waals surface area contributed by atoms with Crippen molar-refractivity contribution in [3.63, 3.8) is 0 Å². The average Bonchev–Trinajstić information content (AvgIpc) is 3.69. The normalized spacial score (nSPS) is 23.5. The number of carbonyl (C=O) groups excluding carboxylic acids is 5. The van der Waals surface area contributed by atoms with E-state index in [0.29, 0.717) is 28.7 Å². The molecule has 1 spiro atoms. The molecule has 3 N–H and O–H groups in total. The molecule has 2 aromatic carbocycles. The molecular formula is C37H44ClN5O8. The summed E-state index contributed by atoms with van der Waals surface area (Å²) in [6, 6.07) is 10.9. The molecule has 272 valence electrons. The van der Waals surface area contributed by atoms with Crippen molar-refractivity contribution in [3.8, 4) is 11.5 Å². The lowest BCUT2D eigenvalue weighted by atomic mass is 9.85.